The predicted octanol–water partition coefficient (Wildman–Crippen LogP) is 3.64. The van der Waals surface area contributed by atoms with Crippen molar-refractivity contribution in [3.63, 3.8) is 0 Å². The topological polar surface area (TPSA) is 50.5 Å². The summed E-state index contributed by atoms with van der Waals surface area (Å²) in [6.07, 6.45) is 3.96. The lowest BCUT2D eigenvalue weighted by molar-refractivity contribution is 0.154. The molecule has 1 aliphatic rings. The van der Waals surface area contributed by atoms with Crippen LogP contribution in [-0.4, -0.2) is 46.1 Å². The monoisotopic (exact) mass is 381 g/mol. The van der Waals surface area contributed by atoms with Gasteiger partial charge in [-0.3, -0.25) is 4.90 Å². The lowest BCUT2D eigenvalue weighted by Gasteiger charge is -2.22. The first kappa shape index (κ1) is 18.7. The summed E-state index contributed by atoms with van der Waals surface area (Å²) in [5.41, 5.74) is 3.19. The number of hydrogen-bond donors (Lipinski definition) is 1. The van der Waals surface area contributed by atoms with E-state index in [1.54, 1.807) is 30.0 Å². The smallest absolute Gasteiger partial charge is 0.148 e. The van der Waals surface area contributed by atoms with E-state index in [4.69, 9.17) is 9.84 Å². The van der Waals surface area contributed by atoms with Crippen LogP contribution < -0.4 is 4.74 Å². The van der Waals surface area contributed by atoms with Gasteiger partial charge < -0.3 is 9.84 Å². The summed E-state index contributed by atoms with van der Waals surface area (Å²) in [4.78, 5) is 2.27. The van der Waals surface area contributed by atoms with Crippen molar-refractivity contribution in [1.82, 2.24) is 14.7 Å². The number of hydrogen-bond acceptors (Lipinski definition) is 4. The number of aliphatic hydroxyl groups excluding tert-OH is 1. The number of aliphatic hydroxyl groups is 1. The number of ether oxygens (including phenoxy) is 1. The number of halogens is 1. The second-order valence-electron chi connectivity index (χ2n) is 7.08. The first-order valence-electron chi connectivity index (χ1n) is 9.52. The maximum Gasteiger partial charge on any atom is 0.148 e. The largest absolute Gasteiger partial charge is 0.497 e. The van der Waals surface area contributed by atoms with Gasteiger partial charge in [0.2, 0.25) is 0 Å². The predicted molar refractivity (Wildman–Crippen MR) is 106 cm³/mol. The first-order valence-corrected chi connectivity index (χ1v) is 9.52. The van der Waals surface area contributed by atoms with Gasteiger partial charge in [0.1, 0.15) is 17.3 Å². The van der Waals surface area contributed by atoms with Crippen LogP contribution in [0, 0.1) is 5.82 Å². The summed E-state index contributed by atoms with van der Waals surface area (Å²) in [6.45, 7) is 1.76. The maximum absolute atomic E-state index is 14.3. The van der Waals surface area contributed by atoms with Crippen molar-refractivity contribution in [2.75, 3.05) is 20.3 Å². The first-order chi connectivity index (χ1) is 13.7. The average molecular weight is 381 g/mol. The van der Waals surface area contributed by atoms with Crippen LogP contribution >= 0.6 is 0 Å². The number of benzene rings is 2. The number of para-hydroxylation sites is 1. The Labute approximate surface area is 164 Å². The summed E-state index contributed by atoms with van der Waals surface area (Å²) >= 11 is 0. The third-order valence-electron chi connectivity index (χ3n) is 5.34. The van der Waals surface area contributed by atoms with Gasteiger partial charge >= 0.3 is 0 Å². The van der Waals surface area contributed by atoms with Crippen LogP contribution in [0.2, 0.25) is 0 Å². The molecule has 0 aliphatic carbocycles. The number of likely N-dealkylation sites (tertiary alicyclic amines) is 1. The van der Waals surface area contributed by atoms with Crippen LogP contribution in [0.1, 0.15) is 18.4 Å². The molecule has 0 radical (unpaired) electrons. The zero-order chi connectivity index (χ0) is 19.5. The quantitative estimate of drug-likeness (QED) is 0.708. The summed E-state index contributed by atoms with van der Waals surface area (Å²) in [7, 11) is 1.63. The fourth-order valence-corrected chi connectivity index (χ4v) is 3.81. The molecule has 1 fully saturated rings. The maximum atomic E-state index is 14.3. The molecule has 0 saturated carbocycles. The van der Waals surface area contributed by atoms with Crippen LogP contribution in [0.4, 0.5) is 4.39 Å². The molecule has 4 rings (SSSR count). The van der Waals surface area contributed by atoms with E-state index in [1.807, 2.05) is 30.5 Å². The van der Waals surface area contributed by atoms with Gasteiger partial charge in [-0.15, -0.1) is 0 Å². The molecule has 5 nitrogen and oxygen atoms in total. The van der Waals surface area contributed by atoms with Crippen LogP contribution in [0.5, 0.6) is 5.75 Å². The van der Waals surface area contributed by atoms with E-state index in [1.165, 1.54) is 6.07 Å². The number of aromatic nitrogens is 2. The van der Waals surface area contributed by atoms with Crippen LogP contribution in [0.3, 0.4) is 0 Å². The SMILES string of the molecule is COc1ccc(-c2nn(-c3ccccc3F)cc2CN2CCCC2CO)cc1. The Morgan fingerprint density at radius 3 is 2.68 bits per heavy atom. The lowest BCUT2D eigenvalue weighted by atomic mass is 10.1. The number of nitrogens with zero attached hydrogens (tertiary/aromatic N) is 3. The summed E-state index contributed by atoms with van der Waals surface area (Å²) in [5, 5.41) is 14.4. The Kier molecular flexibility index (Phi) is 5.41. The minimum Gasteiger partial charge on any atom is -0.497 e. The van der Waals surface area contributed by atoms with Crippen LogP contribution in [-0.2, 0) is 6.54 Å². The van der Waals surface area contributed by atoms with Gasteiger partial charge in [0.25, 0.3) is 0 Å². The molecule has 1 unspecified atom stereocenters. The Balaban J connectivity index is 1.74. The summed E-state index contributed by atoms with van der Waals surface area (Å²) < 4.78 is 21.2. The average Bonchev–Trinajstić information content (AvgIpc) is 3.35. The van der Waals surface area contributed by atoms with Crippen LogP contribution in [0.15, 0.2) is 54.7 Å². The lowest BCUT2D eigenvalue weighted by Crippen LogP contribution is -2.31. The van der Waals surface area contributed by atoms with E-state index in [9.17, 15) is 9.50 Å². The zero-order valence-corrected chi connectivity index (χ0v) is 15.9. The highest BCUT2D eigenvalue weighted by Gasteiger charge is 2.26. The molecule has 146 valence electrons. The Morgan fingerprint density at radius 1 is 1.18 bits per heavy atom. The van der Waals surface area contributed by atoms with E-state index in [0.717, 1.165) is 42.0 Å². The Morgan fingerprint density at radius 2 is 1.96 bits per heavy atom. The molecule has 2 heterocycles. The third-order valence-corrected chi connectivity index (χ3v) is 5.34. The molecule has 1 N–H and O–H groups in total. The molecular weight excluding hydrogens is 357 g/mol. The van der Waals surface area contributed by atoms with Gasteiger partial charge in [-0.2, -0.15) is 5.10 Å². The molecule has 0 amide bonds. The highest BCUT2D eigenvalue weighted by Crippen LogP contribution is 2.29. The van der Waals surface area contributed by atoms with Gasteiger partial charge in [-0.25, -0.2) is 9.07 Å². The van der Waals surface area contributed by atoms with Gasteiger partial charge in [0.15, 0.2) is 0 Å². The zero-order valence-electron chi connectivity index (χ0n) is 15.9. The van der Waals surface area contributed by atoms with Crippen molar-refractivity contribution in [3.05, 3.63) is 66.1 Å². The number of methoxy groups -OCH3 is 1. The molecule has 3 aromatic rings. The Bertz CT molecular complexity index is 939. The van der Waals surface area contributed by atoms with Gasteiger partial charge in [-0.05, 0) is 55.8 Å². The summed E-state index contributed by atoms with van der Waals surface area (Å²) in [6, 6.07) is 14.5. The highest BCUT2D eigenvalue weighted by molar-refractivity contribution is 5.64. The fraction of sp³-hybridized carbons (Fsp3) is 0.318. The van der Waals surface area contributed by atoms with E-state index < -0.39 is 0 Å². The van der Waals surface area contributed by atoms with Crippen molar-refractivity contribution < 1.29 is 14.2 Å². The van der Waals surface area contributed by atoms with Crippen molar-refractivity contribution in [1.29, 1.82) is 0 Å². The Hall–Kier alpha value is -2.70. The molecule has 6 heteroatoms. The molecule has 0 spiro atoms. The van der Waals surface area contributed by atoms with Crippen LogP contribution in [0.25, 0.3) is 16.9 Å². The molecule has 1 aliphatic heterocycles. The molecule has 1 atom stereocenters. The third kappa shape index (κ3) is 3.66. The highest BCUT2D eigenvalue weighted by atomic mass is 19.1. The minimum absolute atomic E-state index is 0.152. The van der Waals surface area contributed by atoms with E-state index in [0.29, 0.717) is 12.2 Å². The molecule has 28 heavy (non-hydrogen) atoms. The molecular formula is C22H24FN3O2. The van der Waals surface area contributed by atoms with Gasteiger partial charge in [0, 0.05) is 29.9 Å². The van der Waals surface area contributed by atoms with Crippen molar-refractivity contribution in [2.24, 2.45) is 0 Å². The van der Waals surface area contributed by atoms with E-state index >= 15 is 0 Å². The van der Waals surface area contributed by atoms with Gasteiger partial charge in [0.05, 0.1) is 19.4 Å². The second kappa shape index (κ2) is 8.12. The minimum atomic E-state index is -0.313. The molecule has 1 aromatic heterocycles. The van der Waals surface area contributed by atoms with Crippen molar-refractivity contribution in [2.45, 2.75) is 25.4 Å². The normalized spacial score (nSPS) is 17.2. The molecule has 0 bridgehead atoms. The van der Waals surface area contributed by atoms with Gasteiger partial charge in [-0.1, -0.05) is 12.1 Å². The van der Waals surface area contributed by atoms with Crippen molar-refractivity contribution in [3.8, 4) is 22.7 Å². The standard InChI is InChI=1S/C22H24FN3O2/c1-28-19-10-8-16(9-11-19)22-17(13-25-12-4-5-18(25)15-27)14-26(24-22)21-7-3-2-6-20(21)23/h2-3,6-11,14,18,27H,4-5,12-13,15H2,1H3. The fourth-order valence-electron chi connectivity index (χ4n) is 3.81. The van der Waals surface area contributed by atoms with Crippen molar-refractivity contribution >= 4 is 0 Å². The summed E-state index contributed by atoms with van der Waals surface area (Å²) in [5.74, 6) is 0.464. The molecule has 1 saturated heterocycles. The van der Waals surface area contributed by atoms with E-state index in [-0.39, 0.29) is 18.5 Å². The number of rotatable bonds is 6. The molecule has 2 aromatic carbocycles. The van der Waals surface area contributed by atoms with E-state index in [2.05, 4.69) is 4.90 Å². The second-order valence-corrected chi connectivity index (χ2v) is 7.08.